The van der Waals surface area contributed by atoms with Crippen LogP contribution in [0.5, 0.6) is 0 Å². The topological polar surface area (TPSA) is 70.8 Å². The Labute approximate surface area is 127 Å². The molecule has 1 radical (unpaired) electrons. The fraction of sp³-hybridized carbons (Fsp3) is 0.385. The van der Waals surface area contributed by atoms with Crippen molar-refractivity contribution in [2.45, 2.75) is 18.8 Å². The SMILES string of the molecule is Nc1n[nH]c(N2CCC(c3c(Cl)c[c]cc3Cl)CC2)n1. The van der Waals surface area contributed by atoms with Crippen LogP contribution < -0.4 is 10.6 Å². The van der Waals surface area contributed by atoms with Gasteiger partial charge >= 0.3 is 0 Å². The van der Waals surface area contributed by atoms with Gasteiger partial charge in [0.2, 0.25) is 11.9 Å². The van der Waals surface area contributed by atoms with Crippen LogP contribution in [-0.4, -0.2) is 28.3 Å². The van der Waals surface area contributed by atoms with Crippen LogP contribution in [0.3, 0.4) is 0 Å². The second-order valence-corrected chi connectivity index (χ2v) is 5.66. The van der Waals surface area contributed by atoms with E-state index in [0.29, 0.717) is 16.0 Å². The first-order valence-corrected chi connectivity index (χ1v) is 7.18. The summed E-state index contributed by atoms with van der Waals surface area (Å²) < 4.78 is 0. The molecule has 0 unspecified atom stereocenters. The molecule has 1 fully saturated rings. The highest BCUT2D eigenvalue weighted by Crippen LogP contribution is 2.37. The number of anilines is 2. The van der Waals surface area contributed by atoms with Gasteiger partial charge in [-0.1, -0.05) is 23.2 Å². The Morgan fingerprint density at radius 1 is 1.25 bits per heavy atom. The molecule has 0 bridgehead atoms. The zero-order valence-electron chi connectivity index (χ0n) is 10.7. The minimum absolute atomic E-state index is 0.270. The number of nitrogens with one attached hydrogen (secondary N) is 1. The highest BCUT2D eigenvalue weighted by molar-refractivity contribution is 6.36. The predicted octanol–water partition coefficient (Wildman–Crippen LogP) is 2.88. The van der Waals surface area contributed by atoms with Gasteiger partial charge in [-0.3, -0.25) is 0 Å². The van der Waals surface area contributed by atoms with Gasteiger partial charge in [0.25, 0.3) is 0 Å². The number of aromatic amines is 1. The number of nitrogens with two attached hydrogens (primary N) is 1. The van der Waals surface area contributed by atoms with Crippen molar-refractivity contribution in [2.75, 3.05) is 23.7 Å². The average molecular weight is 311 g/mol. The number of aromatic nitrogens is 3. The van der Waals surface area contributed by atoms with Gasteiger partial charge in [0.05, 0.1) is 0 Å². The summed E-state index contributed by atoms with van der Waals surface area (Å²) in [4.78, 5) is 6.28. The Bertz CT molecular complexity index is 584. The van der Waals surface area contributed by atoms with Crippen LogP contribution in [-0.2, 0) is 0 Å². The summed E-state index contributed by atoms with van der Waals surface area (Å²) >= 11 is 12.5. The molecule has 5 nitrogen and oxygen atoms in total. The summed E-state index contributed by atoms with van der Waals surface area (Å²) in [6.45, 7) is 1.73. The zero-order valence-corrected chi connectivity index (χ0v) is 12.2. The van der Waals surface area contributed by atoms with Crippen molar-refractivity contribution in [1.29, 1.82) is 0 Å². The molecule has 0 amide bonds. The number of benzene rings is 1. The number of rotatable bonds is 2. The molecule has 1 aromatic heterocycles. The first-order chi connectivity index (χ1) is 9.65. The van der Waals surface area contributed by atoms with Gasteiger partial charge < -0.3 is 10.6 Å². The third-order valence-corrected chi connectivity index (χ3v) is 4.25. The monoisotopic (exact) mass is 310 g/mol. The van der Waals surface area contributed by atoms with Gasteiger partial charge in [0.15, 0.2) is 0 Å². The minimum Gasteiger partial charge on any atom is -0.366 e. The second kappa shape index (κ2) is 5.50. The lowest BCUT2D eigenvalue weighted by Gasteiger charge is -2.32. The molecule has 105 valence electrons. The van der Waals surface area contributed by atoms with E-state index in [4.69, 9.17) is 28.9 Å². The highest BCUT2D eigenvalue weighted by atomic mass is 35.5. The van der Waals surface area contributed by atoms with Crippen molar-refractivity contribution in [2.24, 2.45) is 0 Å². The van der Waals surface area contributed by atoms with Crippen molar-refractivity contribution < 1.29 is 0 Å². The van der Waals surface area contributed by atoms with Gasteiger partial charge in [-0.25, -0.2) is 5.10 Å². The van der Waals surface area contributed by atoms with Crippen molar-refractivity contribution in [3.05, 3.63) is 33.8 Å². The van der Waals surface area contributed by atoms with Crippen molar-refractivity contribution in [1.82, 2.24) is 15.2 Å². The molecule has 3 rings (SSSR count). The van der Waals surface area contributed by atoms with Crippen LogP contribution in [0.15, 0.2) is 12.1 Å². The predicted molar refractivity (Wildman–Crippen MR) is 80.3 cm³/mol. The molecule has 0 atom stereocenters. The van der Waals surface area contributed by atoms with Gasteiger partial charge in [0, 0.05) is 23.1 Å². The smallest absolute Gasteiger partial charge is 0.241 e. The summed E-state index contributed by atoms with van der Waals surface area (Å²) in [5.41, 5.74) is 6.56. The van der Waals surface area contributed by atoms with Crippen LogP contribution in [0.4, 0.5) is 11.9 Å². The molecular formula is C13H14Cl2N5. The van der Waals surface area contributed by atoms with Gasteiger partial charge in [-0.15, -0.1) is 5.10 Å². The molecule has 0 aliphatic carbocycles. The number of hydrogen-bond donors (Lipinski definition) is 2. The summed E-state index contributed by atoms with van der Waals surface area (Å²) in [5.74, 6) is 1.35. The third-order valence-electron chi connectivity index (χ3n) is 3.63. The van der Waals surface area contributed by atoms with Crippen LogP contribution >= 0.6 is 23.2 Å². The molecular weight excluding hydrogens is 297 g/mol. The lowest BCUT2D eigenvalue weighted by atomic mass is 9.89. The van der Waals surface area contributed by atoms with Gasteiger partial charge in [-0.05, 0) is 42.5 Å². The summed E-state index contributed by atoms with van der Waals surface area (Å²) in [5, 5.41) is 8.07. The summed E-state index contributed by atoms with van der Waals surface area (Å²) in [6, 6.07) is 6.47. The molecule has 1 aliphatic rings. The van der Waals surface area contributed by atoms with Gasteiger partial charge in [-0.2, -0.15) is 4.98 Å². The van der Waals surface area contributed by atoms with Crippen molar-refractivity contribution >= 4 is 35.1 Å². The van der Waals surface area contributed by atoms with Crippen molar-refractivity contribution in [3.63, 3.8) is 0 Å². The summed E-state index contributed by atoms with van der Waals surface area (Å²) in [6.07, 6.45) is 1.92. The molecule has 1 aromatic carbocycles. The maximum Gasteiger partial charge on any atom is 0.241 e. The van der Waals surface area contributed by atoms with Crippen LogP contribution in [0.2, 0.25) is 10.0 Å². The molecule has 2 aromatic rings. The number of halogens is 2. The number of nitrogen functional groups attached to an aromatic ring is 1. The third kappa shape index (κ3) is 2.55. The average Bonchev–Trinajstić information content (AvgIpc) is 2.86. The Morgan fingerprint density at radius 3 is 2.45 bits per heavy atom. The number of hydrogen-bond acceptors (Lipinski definition) is 4. The van der Waals surface area contributed by atoms with E-state index in [0.717, 1.165) is 37.4 Å². The van der Waals surface area contributed by atoms with E-state index in [2.05, 4.69) is 26.1 Å². The summed E-state index contributed by atoms with van der Waals surface area (Å²) in [7, 11) is 0. The number of piperidine rings is 1. The normalized spacial score (nSPS) is 16.6. The van der Waals surface area contributed by atoms with E-state index in [-0.39, 0.29) is 5.95 Å². The first kappa shape index (κ1) is 13.5. The van der Waals surface area contributed by atoms with E-state index >= 15 is 0 Å². The largest absolute Gasteiger partial charge is 0.366 e. The number of nitrogens with zero attached hydrogens (tertiary/aromatic N) is 3. The maximum atomic E-state index is 6.25. The number of H-pyrrole nitrogens is 1. The van der Waals surface area contributed by atoms with Crippen molar-refractivity contribution in [3.8, 4) is 0 Å². The Balaban J connectivity index is 1.72. The highest BCUT2D eigenvalue weighted by Gasteiger charge is 2.25. The fourth-order valence-electron chi connectivity index (χ4n) is 2.63. The molecule has 3 N–H and O–H groups in total. The zero-order chi connectivity index (χ0) is 14.1. The quantitative estimate of drug-likeness (QED) is 0.894. The molecule has 2 heterocycles. The van der Waals surface area contributed by atoms with E-state index in [1.54, 1.807) is 12.1 Å². The molecule has 0 spiro atoms. The molecule has 20 heavy (non-hydrogen) atoms. The van der Waals surface area contributed by atoms with Crippen LogP contribution in [0.1, 0.15) is 24.3 Å². The Morgan fingerprint density at radius 2 is 1.90 bits per heavy atom. The molecule has 7 heteroatoms. The van der Waals surface area contributed by atoms with E-state index in [9.17, 15) is 0 Å². The van der Waals surface area contributed by atoms with E-state index in [1.807, 2.05) is 0 Å². The lowest BCUT2D eigenvalue weighted by molar-refractivity contribution is 0.500. The fourth-order valence-corrected chi connectivity index (χ4v) is 3.32. The van der Waals surface area contributed by atoms with E-state index in [1.165, 1.54) is 0 Å². The van der Waals surface area contributed by atoms with Gasteiger partial charge in [0.1, 0.15) is 0 Å². The standard InChI is InChI=1S/C13H14Cl2N5/c14-9-2-1-3-10(15)11(9)8-4-6-20(7-5-8)13-17-12(16)18-19-13/h2-3,8H,4-7H2,(H3,16,17,18,19). The second-order valence-electron chi connectivity index (χ2n) is 4.84. The Hall–Kier alpha value is -1.46. The lowest BCUT2D eigenvalue weighted by Crippen LogP contribution is -2.33. The van der Waals surface area contributed by atoms with Crippen LogP contribution in [0, 0.1) is 6.07 Å². The van der Waals surface area contributed by atoms with Crippen LogP contribution in [0.25, 0.3) is 0 Å². The molecule has 1 aliphatic heterocycles. The molecule has 1 saturated heterocycles. The Kier molecular flexibility index (Phi) is 3.72. The van der Waals surface area contributed by atoms with E-state index < -0.39 is 0 Å². The maximum absolute atomic E-state index is 6.25. The molecule has 0 saturated carbocycles. The first-order valence-electron chi connectivity index (χ1n) is 6.43. The minimum atomic E-state index is 0.270.